The Labute approximate surface area is 213 Å². The van der Waals surface area contributed by atoms with Crippen molar-refractivity contribution in [3.63, 3.8) is 0 Å². The second-order valence-corrected chi connectivity index (χ2v) is 10.3. The lowest BCUT2D eigenvalue weighted by molar-refractivity contribution is -0.138. The molecule has 0 unspecified atom stereocenters. The Morgan fingerprint density at radius 1 is 1.11 bits per heavy atom. The summed E-state index contributed by atoms with van der Waals surface area (Å²) in [4.78, 5) is 21.3. The number of hydrogen-bond acceptors (Lipinski definition) is 4. The number of carbonyl (C=O) groups is 1. The zero-order valence-electron chi connectivity index (χ0n) is 19.6. The van der Waals surface area contributed by atoms with Gasteiger partial charge in [0.1, 0.15) is 6.10 Å². The molecule has 2 fully saturated rings. The molecule has 3 heterocycles. The number of halogens is 5. The summed E-state index contributed by atoms with van der Waals surface area (Å²) >= 11 is 12.4. The fourth-order valence-corrected chi connectivity index (χ4v) is 5.30. The fourth-order valence-electron chi connectivity index (χ4n) is 4.99. The standard InChI is InChI=1S/C25H28Cl2F3N3O2/c1-15(35-23-6-4-18(12-31-23)25(28,29)30)19-13-33(24(34)16-7-9-32(2)10-8-16)14-20(19)17-3-5-21(26)22(27)11-17/h3-6,11-12,15-16,19-20H,7-10,13-14H2,1-2H3/t15-,19+,20+/m0/s1. The number of nitrogens with zero attached hydrogens (tertiary/aromatic N) is 3. The van der Waals surface area contributed by atoms with E-state index in [1.165, 1.54) is 6.07 Å². The second-order valence-electron chi connectivity index (χ2n) is 9.47. The number of carbonyl (C=O) groups excluding carboxylic acids is 1. The van der Waals surface area contributed by atoms with Crippen molar-refractivity contribution >= 4 is 29.1 Å². The van der Waals surface area contributed by atoms with Gasteiger partial charge < -0.3 is 14.5 Å². The van der Waals surface area contributed by atoms with Gasteiger partial charge in [-0.05, 0) is 63.7 Å². The lowest BCUT2D eigenvalue weighted by Gasteiger charge is -2.31. The summed E-state index contributed by atoms with van der Waals surface area (Å²) in [5.41, 5.74) is 0.112. The second kappa shape index (κ2) is 10.5. The number of benzene rings is 1. The van der Waals surface area contributed by atoms with Gasteiger partial charge in [0.05, 0.1) is 15.6 Å². The molecule has 1 aromatic heterocycles. The van der Waals surface area contributed by atoms with Crippen molar-refractivity contribution in [3.8, 4) is 5.88 Å². The molecule has 5 nitrogen and oxygen atoms in total. The maximum atomic E-state index is 13.4. The number of alkyl halides is 3. The van der Waals surface area contributed by atoms with Crippen LogP contribution in [-0.4, -0.2) is 60.0 Å². The van der Waals surface area contributed by atoms with Gasteiger partial charge in [-0.25, -0.2) is 4.98 Å². The minimum Gasteiger partial charge on any atom is -0.474 e. The van der Waals surface area contributed by atoms with E-state index in [0.29, 0.717) is 23.1 Å². The molecule has 1 amide bonds. The number of piperidine rings is 1. The van der Waals surface area contributed by atoms with Crippen LogP contribution in [0.3, 0.4) is 0 Å². The summed E-state index contributed by atoms with van der Waals surface area (Å²) in [5, 5.41) is 0.878. The largest absolute Gasteiger partial charge is 0.474 e. The Balaban J connectivity index is 1.54. The third-order valence-electron chi connectivity index (χ3n) is 7.09. The first-order chi connectivity index (χ1) is 16.5. The maximum absolute atomic E-state index is 13.4. The van der Waals surface area contributed by atoms with Crippen molar-refractivity contribution in [2.24, 2.45) is 11.8 Å². The SMILES string of the molecule is C[C@H](Oc1ccc(C(F)(F)F)cn1)[C@H]1CN(C(=O)C2CCN(C)CC2)C[C@@H]1c1ccc(Cl)c(Cl)c1. The summed E-state index contributed by atoms with van der Waals surface area (Å²) in [6.07, 6.45) is -2.45. The van der Waals surface area contributed by atoms with Crippen LogP contribution in [0.5, 0.6) is 5.88 Å². The minimum absolute atomic E-state index is 0.00721. The number of amides is 1. The molecule has 0 radical (unpaired) electrons. The Bertz CT molecular complexity index is 1040. The monoisotopic (exact) mass is 529 g/mol. The van der Waals surface area contributed by atoms with Crippen LogP contribution in [0.4, 0.5) is 13.2 Å². The zero-order chi connectivity index (χ0) is 25.3. The number of pyridine rings is 1. The molecule has 2 aliphatic rings. The Morgan fingerprint density at radius 2 is 1.83 bits per heavy atom. The molecule has 0 N–H and O–H groups in total. The normalized spacial score (nSPS) is 22.9. The molecular formula is C25H28Cl2F3N3O2. The van der Waals surface area contributed by atoms with Crippen molar-refractivity contribution in [1.29, 1.82) is 0 Å². The number of aromatic nitrogens is 1. The topological polar surface area (TPSA) is 45.7 Å². The predicted molar refractivity (Wildman–Crippen MR) is 129 cm³/mol. The van der Waals surface area contributed by atoms with Gasteiger partial charge >= 0.3 is 6.18 Å². The molecule has 2 aliphatic heterocycles. The lowest BCUT2D eigenvalue weighted by atomic mass is 9.86. The van der Waals surface area contributed by atoms with E-state index in [4.69, 9.17) is 27.9 Å². The Morgan fingerprint density at radius 3 is 2.43 bits per heavy atom. The molecule has 0 saturated carbocycles. The molecule has 0 aliphatic carbocycles. The Kier molecular flexibility index (Phi) is 7.83. The summed E-state index contributed by atoms with van der Waals surface area (Å²) < 4.78 is 44.6. The van der Waals surface area contributed by atoms with Crippen LogP contribution in [0.25, 0.3) is 0 Å². The Hall–Kier alpha value is -2.03. The molecule has 1 aromatic carbocycles. The van der Waals surface area contributed by atoms with Crippen molar-refractivity contribution in [1.82, 2.24) is 14.8 Å². The summed E-state index contributed by atoms with van der Waals surface area (Å²) in [7, 11) is 2.06. The van der Waals surface area contributed by atoms with Crippen LogP contribution in [0.2, 0.25) is 10.0 Å². The van der Waals surface area contributed by atoms with Crippen LogP contribution in [0.1, 0.15) is 36.8 Å². The van der Waals surface area contributed by atoms with Crippen LogP contribution in [0.15, 0.2) is 36.5 Å². The first-order valence-corrected chi connectivity index (χ1v) is 12.4. The molecule has 190 valence electrons. The van der Waals surface area contributed by atoms with E-state index in [1.54, 1.807) is 6.07 Å². The van der Waals surface area contributed by atoms with Gasteiger partial charge in [0.15, 0.2) is 0 Å². The first kappa shape index (κ1) is 26.0. The van der Waals surface area contributed by atoms with E-state index in [1.807, 2.05) is 24.0 Å². The summed E-state index contributed by atoms with van der Waals surface area (Å²) in [5.74, 6) is 0.0761. The molecule has 0 bridgehead atoms. The molecule has 4 rings (SSSR count). The van der Waals surface area contributed by atoms with Crippen molar-refractivity contribution in [2.45, 2.75) is 38.0 Å². The zero-order valence-corrected chi connectivity index (χ0v) is 21.1. The highest BCUT2D eigenvalue weighted by molar-refractivity contribution is 6.42. The van der Waals surface area contributed by atoms with Gasteiger partial charge in [-0.3, -0.25) is 4.79 Å². The van der Waals surface area contributed by atoms with E-state index in [2.05, 4.69) is 16.9 Å². The molecule has 35 heavy (non-hydrogen) atoms. The van der Waals surface area contributed by atoms with Gasteiger partial charge in [0.2, 0.25) is 11.8 Å². The number of hydrogen-bond donors (Lipinski definition) is 0. The fraction of sp³-hybridized carbons (Fsp3) is 0.520. The van der Waals surface area contributed by atoms with Gasteiger partial charge in [0, 0.05) is 43.1 Å². The van der Waals surface area contributed by atoms with Gasteiger partial charge in [-0.2, -0.15) is 13.2 Å². The van der Waals surface area contributed by atoms with E-state index in [-0.39, 0.29) is 29.5 Å². The third kappa shape index (κ3) is 6.04. The van der Waals surface area contributed by atoms with Gasteiger partial charge in [-0.15, -0.1) is 0 Å². The molecular weight excluding hydrogens is 502 g/mol. The van der Waals surface area contributed by atoms with Gasteiger partial charge in [0.25, 0.3) is 0 Å². The minimum atomic E-state index is -4.46. The smallest absolute Gasteiger partial charge is 0.417 e. The molecule has 10 heteroatoms. The molecule has 2 aromatic rings. The average molecular weight is 530 g/mol. The van der Waals surface area contributed by atoms with Gasteiger partial charge in [-0.1, -0.05) is 29.3 Å². The summed E-state index contributed by atoms with van der Waals surface area (Å²) in [6.45, 7) is 4.64. The van der Waals surface area contributed by atoms with Crippen molar-refractivity contribution in [2.75, 3.05) is 33.2 Å². The third-order valence-corrected chi connectivity index (χ3v) is 7.83. The highest BCUT2D eigenvalue weighted by Gasteiger charge is 2.42. The van der Waals surface area contributed by atoms with E-state index < -0.39 is 17.8 Å². The van der Waals surface area contributed by atoms with E-state index in [9.17, 15) is 18.0 Å². The number of ether oxygens (including phenoxy) is 1. The van der Waals surface area contributed by atoms with Crippen molar-refractivity contribution < 1.29 is 22.7 Å². The van der Waals surface area contributed by atoms with Crippen LogP contribution >= 0.6 is 23.2 Å². The van der Waals surface area contributed by atoms with E-state index >= 15 is 0 Å². The highest BCUT2D eigenvalue weighted by atomic mass is 35.5. The number of rotatable bonds is 5. The molecule has 2 saturated heterocycles. The van der Waals surface area contributed by atoms with Crippen LogP contribution < -0.4 is 4.74 Å². The van der Waals surface area contributed by atoms with E-state index in [0.717, 1.165) is 43.8 Å². The molecule has 3 atom stereocenters. The van der Waals surface area contributed by atoms with Crippen LogP contribution in [0, 0.1) is 11.8 Å². The van der Waals surface area contributed by atoms with Crippen molar-refractivity contribution in [3.05, 3.63) is 57.7 Å². The number of likely N-dealkylation sites (tertiary alicyclic amines) is 2. The average Bonchev–Trinajstić information content (AvgIpc) is 3.26. The molecule has 0 spiro atoms. The summed E-state index contributed by atoms with van der Waals surface area (Å²) in [6, 6.07) is 7.63. The predicted octanol–water partition coefficient (Wildman–Crippen LogP) is 5.76. The lowest BCUT2D eigenvalue weighted by Crippen LogP contribution is -2.41. The first-order valence-electron chi connectivity index (χ1n) is 11.6. The quantitative estimate of drug-likeness (QED) is 0.494. The highest BCUT2D eigenvalue weighted by Crippen LogP contribution is 2.39. The maximum Gasteiger partial charge on any atom is 0.417 e. The van der Waals surface area contributed by atoms with Crippen LogP contribution in [-0.2, 0) is 11.0 Å².